The quantitative estimate of drug-likeness (QED) is 0.930. The fraction of sp³-hybridized carbons (Fsp3) is 0.733. The van der Waals surface area contributed by atoms with Gasteiger partial charge in [-0.25, -0.2) is 8.42 Å². The second-order valence-corrected chi connectivity index (χ2v) is 8.29. The van der Waals surface area contributed by atoms with E-state index in [4.69, 9.17) is 4.42 Å². The van der Waals surface area contributed by atoms with Crippen molar-refractivity contribution in [1.29, 1.82) is 0 Å². The molecule has 1 saturated heterocycles. The van der Waals surface area contributed by atoms with Crippen molar-refractivity contribution in [2.24, 2.45) is 5.92 Å². The van der Waals surface area contributed by atoms with Crippen LogP contribution in [0.2, 0.25) is 0 Å². The molecule has 1 aromatic heterocycles. The molecule has 3 atom stereocenters. The monoisotopic (exact) mass is 313 g/mol. The van der Waals surface area contributed by atoms with Gasteiger partial charge in [-0.2, -0.15) is 4.31 Å². The van der Waals surface area contributed by atoms with Gasteiger partial charge in [0.15, 0.2) is 0 Å². The van der Waals surface area contributed by atoms with Gasteiger partial charge in [-0.05, 0) is 44.7 Å². The molecule has 3 rings (SSSR count). The van der Waals surface area contributed by atoms with Gasteiger partial charge >= 0.3 is 0 Å². The molecule has 1 N–H and O–H groups in total. The third kappa shape index (κ3) is 2.64. The number of hydrogen-bond acceptors (Lipinski definition) is 4. The molecule has 0 spiro atoms. The third-order valence-electron chi connectivity index (χ3n) is 5.02. The van der Waals surface area contributed by atoms with Gasteiger partial charge in [0.05, 0.1) is 11.9 Å². The van der Waals surface area contributed by atoms with Crippen molar-refractivity contribution in [3.8, 4) is 0 Å². The highest BCUT2D eigenvalue weighted by molar-refractivity contribution is 7.89. The summed E-state index contributed by atoms with van der Waals surface area (Å²) < 4.78 is 32.1. The minimum absolute atomic E-state index is 0.00449. The summed E-state index contributed by atoms with van der Waals surface area (Å²) in [5, 5.41) is 10.7. The van der Waals surface area contributed by atoms with Crippen molar-refractivity contribution in [2.75, 3.05) is 6.54 Å². The maximum Gasteiger partial charge on any atom is 0.276 e. The molecule has 6 heteroatoms. The van der Waals surface area contributed by atoms with Crippen LogP contribution in [0.3, 0.4) is 0 Å². The normalized spacial score (nSPS) is 35.1. The molecule has 5 nitrogen and oxygen atoms in total. The Balaban J connectivity index is 1.89. The number of aliphatic hydroxyl groups is 1. The Hall–Kier alpha value is -0.850. The number of sulfonamides is 1. The Kier molecular flexibility index (Phi) is 3.88. The van der Waals surface area contributed by atoms with Crippen LogP contribution < -0.4 is 0 Å². The maximum absolute atomic E-state index is 12.7. The SMILES string of the molecule is CC1(O)CCCCC1C1CCCN1S(=O)(=O)c1ccco1. The van der Waals surface area contributed by atoms with Crippen LogP contribution in [0.4, 0.5) is 0 Å². The highest BCUT2D eigenvalue weighted by Gasteiger charge is 2.47. The van der Waals surface area contributed by atoms with E-state index in [2.05, 4.69) is 0 Å². The number of rotatable bonds is 3. The second kappa shape index (κ2) is 5.41. The van der Waals surface area contributed by atoms with E-state index in [0.29, 0.717) is 6.54 Å². The second-order valence-electron chi connectivity index (χ2n) is 6.47. The van der Waals surface area contributed by atoms with Crippen LogP contribution in [0.25, 0.3) is 0 Å². The first-order valence-electron chi connectivity index (χ1n) is 7.71. The number of furan rings is 1. The topological polar surface area (TPSA) is 70.8 Å². The van der Waals surface area contributed by atoms with E-state index >= 15 is 0 Å². The van der Waals surface area contributed by atoms with Crippen LogP contribution >= 0.6 is 0 Å². The first kappa shape index (κ1) is 15.1. The first-order valence-corrected chi connectivity index (χ1v) is 9.15. The molecule has 21 heavy (non-hydrogen) atoms. The van der Waals surface area contributed by atoms with Crippen molar-refractivity contribution in [2.45, 2.75) is 62.2 Å². The van der Waals surface area contributed by atoms with Crippen LogP contribution in [0.1, 0.15) is 45.4 Å². The van der Waals surface area contributed by atoms with Crippen molar-refractivity contribution < 1.29 is 17.9 Å². The summed E-state index contributed by atoms with van der Waals surface area (Å²) in [7, 11) is -3.59. The third-order valence-corrected chi connectivity index (χ3v) is 6.83. The van der Waals surface area contributed by atoms with Gasteiger partial charge in [-0.15, -0.1) is 0 Å². The molecule has 1 aliphatic heterocycles. The largest absolute Gasteiger partial charge is 0.452 e. The zero-order chi connectivity index (χ0) is 15.1. The molecule has 2 heterocycles. The summed E-state index contributed by atoms with van der Waals surface area (Å²) >= 11 is 0. The van der Waals surface area contributed by atoms with Crippen molar-refractivity contribution in [3.05, 3.63) is 18.4 Å². The Bertz CT molecular complexity index is 579. The van der Waals surface area contributed by atoms with Gasteiger partial charge < -0.3 is 9.52 Å². The minimum Gasteiger partial charge on any atom is -0.452 e. The smallest absolute Gasteiger partial charge is 0.276 e. The zero-order valence-electron chi connectivity index (χ0n) is 12.4. The van der Waals surface area contributed by atoms with Crippen LogP contribution in [0.5, 0.6) is 0 Å². The predicted molar refractivity (Wildman–Crippen MR) is 78.2 cm³/mol. The maximum atomic E-state index is 12.7. The minimum atomic E-state index is -3.59. The van der Waals surface area contributed by atoms with Crippen LogP contribution in [0, 0.1) is 5.92 Å². The molecule has 1 aliphatic carbocycles. The van der Waals surface area contributed by atoms with Crippen LogP contribution in [-0.4, -0.2) is 36.0 Å². The van der Waals surface area contributed by atoms with Gasteiger partial charge in [-0.3, -0.25) is 0 Å². The molecular formula is C15H23NO4S. The Morgan fingerprint density at radius 2 is 2.14 bits per heavy atom. The van der Waals surface area contributed by atoms with Gasteiger partial charge in [0.2, 0.25) is 5.09 Å². The van der Waals surface area contributed by atoms with E-state index in [1.807, 2.05) is 6.92 Å². The van der Waals surface area contributed by atoms with Crippen molar-refractivity contribution >= 4 is 10.0 Å². The molecule has 1 saturated carbocycles. The van der Waals surface area contributed by atoms with Gasteiger partial charge in [0, 0.05) is 18.5 Å². The Labute approximate surface area is 126 Å². The van der Waals surface area contributed by atoms with Gasteiger partial charge in [0.25, 0.3) is 10.0 Å². The summed E-state index contributed by atoms with van der Waals surface area (Å²) in [6, 6.07) is 2.97. The van der Waals surface area contributed by atoms with Gasteiger partial charge in [-0.1, -0.05) is 12.8 Å². The molecule has 118 valence electrons. The summed E-state index contributed by atoms with van der Waals surface area (Å²) in [5.74, 6) is 0.0125. The number of nitrogens with zero attached hydrogens (tertiary/aromatic N) is 1. The zero-order valence-corrected chi connectivity index (χ0v) is 13.2. The standard InChI is InChI=1S/C15H23NO4S/c1-15(17)9-3-2-6-12(15)13-7-4-10-16(13)21(18,19)14-8-5-11-20-14/h5,8,11-13,17H,2-4,6-7,9-10H2,1H3. The predicted octanol–water partition coefficient (Wildman–Crippen LogP) is 2.37. The highest BCUT2D eigenvalue weighted by Crippen LogP contribution is 2.42. The number of hydrogen-bond donors (Lipinski definition) is 1. The van der Waals surface area contributed by atoms with Gasteiger partial charge in [0.1, 0.15) is 0 Å². The highest BCUT2D eigenvalue weighted by atomic mass is 32.2. The fourth-order valence-corrected chi connectivity index (χ4v) is 5.58. The Morgan fingerprint density at radius 1 is 1.33 bits per heavy atom. The summed E-state index contributed by atoms with van der Waals surface area (Å²) in [5.41, 5.74) is -0.774. The molecule has 2 fully saturated rings. The van der Waals surface area contributed by atoms with E-state index in [9.17, 15) is 13.5 Å². The lowest BCUT2D eigenvalue weighted by Crippen LogP contribution is -2.50. The van der Waals surface area contributed by atoms with E-state index in [1.54, 1.807) is 10.4 Å². The Morgan fingerprint density at radius 3 is 2.81 bits per heavy atom. The van der Waals surface area contributed by atoms with Crippen molar-refractivity contribution in [3.63, 3.8) is 0 Å². The van der Waals surface area contributed by atoms with E-state index in [0.717, 1.165) is 38.5 Å². The summed E-state index contributed by atoms with van der Waals surface area (Å²) in [4.78, 5) is 0. The molecule has 2 aliphatic rings. The molecular weight excluding hydrogens is 290 g/mol. The lowest BCUT2D eigenvalue weighted by atomic mass is 9.72. The van der Waals surface area contributed by atoms with Crippen LogP contribution in [-0.2, 0) is 10.0 Å². The summed E-state index contributed by atoms with van der Waals surface area (Å²) in [6.07, 6.45) is 6.77. The molecule has 3 unspecified atom stereocenters. The van der Waals surface area contributed by atoms with Crippen molar-refractivity contribution in [1.82, 2.24) is 4.31 Å². The van der Waals surface area contributed by atoms with Crippen LogP contribution in [0.15, 0.2) is 27.9 Å². The van der Waals surface area contributed by atoms with E-state index in [-0.39, 0.29) is 17.1 Å². The van der Waals surface area contributed by atoms with E-state index < -0.39 is 15.6 Å². The van der Waals surface area contributed by atoms with E-state index in [1.165, 1.54) is 12.3 Å². The summed E-state index contributed by atoms with van der Waals surface area (Å²) in [6.45, 7) is 2.37. The average Bonchev–Trinajstić information content (AvgIpc) is 3.10. The molecule has 0 amide bonds. The molecule has 0 radical (unpaired) electrons. The fourth-order valence-electron chi connectivity index (χ4n) is 3.94. The molecule has 0 aromatic carbocycles. The average molecular weight is 313 g/mol. The lowest BCUT2D eigenvalue weighted by molar-refractivity contribution is -0.0528. The lowest BCUT2D eigenvalue weighted by Gasteiger charge is -2.42. The molecule has 1 aromatic rings. The molecule has 0 bridgehead atoms. The first-order chi connectivity index (χ1) is 9.93.